The molecule has 0 saturated carbocycles. The quantitative estimate of drug-likeness (QED) is 0.496. The van der Waals surface area contributed by atoms with Gasteiger partial charge in [0.15, 0.2) is 0 Å². The summed E-state index contributed by atoms with van der Waals surface area (Å²) in [5.74, 6) is 0. The first-order chi connectivity index (χ1) is 6.27. The van der Waals surface area contributed by atoms with Gasteiger partial charge in [0.2, 0.25) is 0 Å². The van der Waals surface area contributed by atoms with Crippen molar-refractivity contribution in [3.8, 4) is 0 Å². The lowest BCUT2D eigenvalue weighted by Crippen LogP contribution is -1.84. The third kappa shape index (κ3) is 1.99. The maximum absolute atomic E-state index is 5.54. The average Bonchev–Trinajstić information content (AvgIpc) is 2.84. The molecule has 0 aromatic heterocycles. The second kappa shape index (κ2) is 3.35. The first-order valence-electron chi connectivity index (χ1n) is 4.63. The molecule has 1 heteroatoms. The predicted octanol–water partition coefficient (Wildman–Crippen LogP) is 3.09. The highest BCUT2D eigenvalue weighted by molar-refractivity contribution is 5.25. The highest BCUT2D eigenvalue weighted by atomic mass is 16.6. The van der Waals surface area contributed by atoms with Gasteiger partial charge in [-0.15, -0.1) is 0 Å². The molecule has 68 valence electrons. The first kappa shape index (κ1) is 8.52. The summed E-state index contributed by atoms with van der Waals surface area (Å²) < 4.78 is 5.54. The number of epoxide rings is 1. The minimum absolute atomic E-state index is 0.302. The van der Waals surface area contributed by atoms with Crippen LogP contribution in [-0.4, -0.2) is 6.10 Å². The molecule has 1 nitrogen and oxygen atoms in total. The maximum Gasteiger partial charge on any atom is 0.113 e. The lowest BCUT2D eigenvalue weighted by molar-refractivity contribution is 0.393. The number of hydrogen-bond donors (Lipinski definition) is 0. The van der Waals surface area contributed by atoms with Gasteiger partial charge in [-0.1, -0.05) is 42.0 Å². The molecule has 0 bridgehead atoms. The van der Waals surface area contributed by atoms with Gasteiger partial charge in [0, 0.05) is 0 Å². The van der Waals surface area contributed by atoms with Crippen molar-refractivity contribution in [1.82, 2.24) is 0 Å². The van der Waals surface area contributed by atoms with E-state index in [4.69, 9.17) is 4.74 Å². The van der Waals surface area contributed by atoms with Gasteiger partial charge in [-0.3, -0.25) is 0 Å². The molecule has 0 unspecified atom stereocenters. The fraction of sp³-hybridized carbons (Fsp3) is 0.333. The summed E-state index contributed by atoms with van der Waals surface area (Å²) in [5, 5.41) is 0. The lowest BCUT2D eigenvalue weighted by Gasteiger charge is -1.92. The zero-order valence-corrected chi connectivity index (χ0v) is 8.03. The van der Waals surface area contributed by atoms with E-state index in [9.17, 15) is 0 Å². The normalized spacial score (nSPS) is 25.4. The van der Waals surface area contributed by atoms with Crippen molar-refractivity contribution >= 4 is 0 Å². The Bertz CT molecular complexity index is 309. The third-order valence-corrected chi connectivity index (χ3v) is 2.15. The molecule has 2 atom stereocenters. The van der Waals surface area contributed by atoms with E-state index in [1.54, 1.807) is 0 Å². The van der Waals surface area contributed by atoms with Crippen LogP contribution in [-0.2, 0) is 4.74 Å². The summed E-state index contributed by atoms with van der Waals surface area (Å²) in [5.41, 5.74) is 2.61. The maximum atomic E-state index is 5.54. The van der Waals surface area contributed by atoms with Crippen molar-refractivity contribution < 1.29 is 4.74 Å². The molecular weight excluding hydrogens is 160 g/mol. The molecule has 1 heterocycles. The Labute approximate surface area is 79.0 Å². The largest absolute Gasteiger partial charge is 0.360 e. The minimum Gasteiger partial charge on any atom is -0.360 e. The molecule has 0 aliphatic carbocycles. The van der Waals surface area contributed by atoms with Crippen LogP contribution in [0.15, 0.2) is 42.0 Å². The van der Waals surface area contributed by atoms with Gasteiger partial charge < -0.3 is 4.74 Å². The summed E-state index contributed by atoms with van der Waals surface area (Å²) in [6, 6.07) is 10.4. The Hall–Kier alpha value is -1.08. The molecule has 0 radical (unpaired) electrons. The highest BCUT2D eigenvalue weighted by Gasteiger charge is 2.37. The van der Waals surface area contributed by atoms with Gasteiger partial charge in [-0.05, 0) is 19.4 Å². The van der Waals surface area contributed by atoms with Crippen LogP contribution in [0.3, 0.4) is 0 Å². The molecule has 2 rings (SSSR count). The van der Waals surface area contributed by atoms with Crippen LogP contribution in [0.4, 0.5) is 0 Å². The number of hydrogen-bond acceptors (Lipinski definition) is 1. The van der Waals surface area contributed by atoms with Crippen LogP contribution in [0.1, 0.15) is 25.5 Å². The molecule has 0 spiro atoms. The van der Waals surface area contributed by atoms with Gasteiger partial charge in [0.05, 0.1) is 0 Å². The number of allylic oxidation sites excluding steroid dienone is 1. The SMILES string of the molecule is CC(C)=C[C@H]1O[C@@H]1c1ccccc1. The van der Waals surface area contributed by atoms with Gasteiger partial charge in [-0.25, -0.2) is 0 Å². The van der Waals surface area contributed by atoms with Crippen molar-refractivity contribution in [1.29, 1.82) is 0 Å². The summed E-state index contributed by atoms with van der Waals surface area (Å²) >= 11 is 0. The van der Waals surface area contributed by atoms with Crippen molar-refractivity contribution in [2.75, 3.05) is 0 Å². The molecule has 1 saturated heterocycles. The first-order valence-corrected chi connectivity index (χ1v) is 4.63. The molecule has 1 fully saturated rings. The Kier molecular flexibility index (Phi) is 2.19. The zero-order valence-electron chi connectivity index (χ0n) is 8.03. The predicted molar refractivity (Wildman–Crippen MR) is 53.5 cm³/mol. The number of rotatable bonds is 2. The van der Waals surface area contributed by atoms with Crippen LogP contribution in [0.25, 0.3) is 0 Å². The van der Waals surface area contributed by atoms with Crippen molar-refractivity contribution in [2.45, 2.75) is 26.1 Å². The van der Waals surface area contributed by atoms with E-state index in [-0.39, 0.29) is 0 Å². The average molecular weight is 174 g/mol. The van der Waals surface area contributed by atoms with E-state index < -0.39 is 0 Å². The topological polar surface area (TPSA) is 12.5 Å². The van der Waals surface area contributed by atoms with Gasteiger partial charge in [-0.2, -0.15) is 0 Å². The Balaban J connectivity index is 2.05. The van der Waals surface area contributed by atoms with Crippen LogP contribution < -0.4 is 0 Å². The summed E-state index contributed by atoms with van der Waals surface area (Å²) in [6.45, 7) is 4.20. The van der Waals surface area contributed by atoms with Crippen LogP contribution >= 0.6 is 0 Å². The van der Waals surface area contributed by atoms with E-state index in [0.29, 0.717) is 12.2 Å². The second-order valence-electron chi connectivity index (χ2n) is 3.68. The lowest BCUT2D eigenvalue weighted by atomic mass is 10.1. The molecule has 1 aliphatic heterocycles. The van der Waals surface area contributed by atoms with Gasteiger partial charge in [0.25, 0.3) is 0 Å². The Morgan fingerprint density at radius 1 is 1.23 bits per heavy atom. The zero-order chi connectivity index (χ0) is 9.26. The van der Waals surface area contributed by atoms with Gasteiger partial charge in [0.1, 0.15) is 12.2 Å². The molecule has 0 amide bonds. The van der Waals surface area contributed by atoms with Gasteiger partial charge >= 0.3 is 0 Å². The summed E-state index contributed by atoms with van der Waals surface area (Å²) in [7, 11) is 0. The fourth-order valence-electron chi connectivity index (χ4n) is 1.49. The van der Waals surface area contributed by atoms with Crippen LogP contribution in [0, 0.1) is 0 Å². The smallest absolute Gasteiger partial charge is 0.113 e. The fourth-order valence-corrected chi connectivity index (χ4v) is 1.49. The van der Waals surface area contributed by atoms with Crippen molar-refractivity contribution in [3.63, 3.8) is 0 Å². The van der Waals surface area contributed by atoms with Crippen LogP contribution in [0.5, 0.6) is 0 Å². The number of benzene rings is 1. The Morgan fingerprint density at radius 3 is 2.54 bits per heavy atom. The van der Waals surface area contributed by atoms with E-state index in [0.717, 1.165) is 0 Å². The monoisotopic (exact) mass is 174 g/mol. The van der Waals surface area contributed by atoms with Crippen molar-refractivity contribution in [3.05, 3.63) is 47.5 Å². The van der Waals surface area contributed by atoms with E-state index >= 15 is 0 Å². The minimum atomic E-state index is 0.302. The molecule has 1 aliphatic rings. The second-order valence-corrected chi connectivity index (χ2v) is 3.68. The van der Waals surface area contributed by atoms with Crippen LogP contribution in [0.2, 0.25) is 0 Å². The third-order valence-electron chi connectivity index (χ3n) is 2.15. The molecule has 1 aromatic rings. The molecule has 0 N–H and O–H groups in total. The number of ether oxygens (including phenoxy) is 1. The molecule has 1 aromatic carbocycles. The Morgan fingerprint density at radius 2 is 1.92 bits per heavy atom. The molecular formula is C12H14O. The van der Waals surface area contributed by atoms with Crippen molar-refractivity contribution in [2.24, 2.45) is 0 Å². The van der Waals surface area contributed by atoms with E-state index in [2.05, 4.69) is 44.2 Å². The van der Waals surface area contributed by atoms with E-state index in [1.807, 2.05) is 6.07 Å². The summed E-state index contributed by atoms with van der Waals surface area (Å²) in [4.78, 5) is 0. The highest BCUT2D eigenvalue weighted by Crippen LogP contribution is 2.39. The van der Waals surface area contributed by atoms with E-state index in [1.165, 1.54) is 11.1 Å². The summed E-state index contributed by atoms with van der Waals surface area (Å²) in [6.07, 6.45) is 2.79. The standard InChI is InChI=1S/C12H14O/c1-9(2)8-11-12(13-11)10-6-4-3-5-7-10/h3-8,11-12H,1-2H3/t11-,12-/m1/s1. The molecule has 13 heavy (non-hydrogen) atoms.